The fourth-order valence-electron chi connectivity index (χ4n) is 16.4. The minimum absolute atomic E-state index is 0.00130. The Balaban J connectivity index is 0.000000278. The van der Waals surface area contributed by atoms with Gasteiger partial charge < -0.3 is 207 Å². The summed E-state index contributed by atoms with van der Waals surface area (Å²) in [6, 6.07) is 16.0. The van der Waals surface area contributed by atoms with E-state index in [1.807, 2.05) is 36.4 Å². The molecule has 0 saturated carbocycles. The summed E-state index contributed by atoms with van der Waals surface area (Å²) in [6.45, 7) is 9.30. The molecule has 140 heavy (non-hydrogen) atoms. The Morgan fingerprint density at radius 1 is 0.421 bits per heavy atom. The SMILES string of the molecule is CC(C)O[C@H]1OC(CO)[C@@H](O[C@H]2OC(C)[C@@H](CC3C=C(CO)[C@@H](O)[C@H](O)[C@H]3O)[C@H](O)C2O)[C@H](O)C1O.C[C@@H]1C(CO)O[C@H](NC(=O)CNC(=O)Br)C(O)[C@H]1O.C[C@@H]1C(CO)O[C@H](NC(=O)CNC(=O)CSCSCC(=O)NCC(=O)N[C@H]2OC(CO)[C@@H](C)[C@H](O)C2O)C(O)[C@H]1O.C[C@@H]1C(CO)O[C@H](NC(=O)OCC2c3ccccc3-c3ccccc32)C(O)[C@H]1O.C[C@@H]1C(CO)O[C@H](O)C(O)[C@H]1O.SCS. The van der Waals surface area contributed by atoms with Gasteiger partial charge in [-0.25, -0.2) is 4.79 Å². The lowest BCUT2D eigenvalue weighted by atomic mass is 9.75. The van der Waals surface area contributed by atoms with Crippen molar-refractivity contribution in [1.82, 2.24) is 37.2 Å². The Hall–Kier alpha value is -5.21. The normalized spacial score (nSPS) is 37.1. The number of hydrogen-bond donors (Lipinski definition) is 34. The van der Waals surface area contributed by atoms with Crippen molar-refractivity contribution in [3.63, 3.8) is 0 Å². The lowest BCUT2D eigenvalue weighted by molar-refractivity contribution is -0.357. The zero-order valence-electron chi connectivity index (χ0n) is 77.9. The summed E-state index contributed by atoms with van der Waals surface area (Å²) in [6.07, 6.45) is -38.0. The molecule has 15 unspecified atom stereocenters. The molecule has 32 N–H and O–H groups in total. The first-order valence-electron chi connectivity index (χ1n) is 45.1. The van der Waals surface area contributed by atoms with Crippen LogP contribution in [0.3, 0.4) is 0 Å². The van der Waals surface area contributed by atoms with Crippen LogP contribution in [-0.4, -0.2) is 465 Å². The van der Waals surface area contributed by atoms with Crippen LogP contribution in [0.2, 0.25) is 0 Å². The number of ether oxygens (including phenoxy) is 10. The second-order valence-electron chi connectivity index (χ2n) is 34.9. The molecule has 7 saturated heterocycles. The lowest BCUT2D eigenvalue weighted by Gasteiger charge is -2.47. The van der Waals surface area contributed by atoms with Crippen LogP contribution in [-0.2, 0) is 71.3 Å². The Bertz CT molecular complexity index is 4010. The van der Waals surface area contributed by atoms with Crippen LogP contribution in [0, 0.1) is 41.4 Å². The van der Waals surface area contributed by atoms with Gasteiger partial charge in [-0.2, -0.15) is 25.3 Å². The maximum Gasteiger partial charge on any atom is 0.409 e. The van der Waals surface area contributed by atoms with E-state index >= 15 is 0 Å². The molecule has 9 aliphatic rings. The van der Waals surface area contributed by atoms with Crippen LogP contribution >= 0.6 is 64.7 Å². The van der Waals surface area contributed by atoms with Gasteiger partial charge in [0.15, 0.2) is 43.8 Å². The van der Waals surface area contributed by atoms with Crippen LogP contribution in [0.15, 0.2) is 60.2 Å². The van der Waals surface area contributed by atoms with Gasteiger partial charge in [-0.05, 0) is 55.0 Å². The molecule has 0 bridgehead atoms. The van der Waals surface area contributed by atoms with Crippen LogP contribution in [0.25, 0.3) is 11.1 Å². The zero-order valence-corrected chi connectivity index (χ0v) is 82.9. The molecule has 7 amide bonds. The Morgan fingerprint density at radius 2 is 0.793 bits per heavy atom. The van der Waals surface area contributed by atoms with E-state index in [9.17, 15) is 141 Å². The zero-order chi connectivity index (χ0) is 105. The molecule has 11 rings (SSSR count). The van der Waals surface area contributed by atoms with E-state index in [-0.39, 0.29) is 74.4 Å². The standard InChI is InChI=1S/C23H40N4O12S2.C23H40O13.C22H25NO6.C10H17BrN2O6.C7H14O5.CH4S2/c1-10-12(5-28)38-22(20(36)18(10)34)26-14(30)3-24-16(32)7-40-9-41-8-17(33)25-4-15(31)27-23-21(37)19(35)11(2)13(6-29)39-23;1-8(2)33-22-20(32)18(30)21(13(7-25)35-22)36-23-19(31)16(28)12(9(3)34-23)5-10-4-11(6-24)15(27)17(29)14(10)26;1-12-18(10-24)29-21(20(26)19(12)25)23-22(27)28-11-17-15-8-4-2-6-13(15)14-7-3-5-9-16(14)17;1-4-5(3-14)19-9(8(17)7(4)16)13-6(15)2-12-10(11)18;1-3-4(2-8)12-7(11)6(10)5(3)9;2-1-3/h10-13,18-23,28-29,34-37H,3-9H2,1-2H3,(H,24,32)(H,25,33)(H,26,30)(H,27,31);4,8-10,12-32H,5-7H2,1-3H3;2-9,12,17-21,24-26H,10-11H2,1H3,(H,23,27);4-5,7-9,14,16-17H,2-3H2,1H3,(H,12,18)(H,13,15);3-11H,2H2,1H3;2-3H,1H2/t10-,11-,12?,13?,18+,19+,20?,21?,22+,23+;9?,10?,12-,13?,14+,15-,16+,17-,18-,19?,20?,21-,22+,23-;12-,18?,19+,20?,21+;4-,5?,7+,8?,9+;3-,4?,5+,6?,7+;/m11111./s1. The number of nitrogens with one attached hydrogen (secondary N) is 7. The first-order chi connectivity index (χ1) is 66.1. The summed E-state index contributed by atoms with van der Waals surface area (Å²) in [5, 5.41) is 263. The highest BCUT2D eigenvalue weighted by Crippen LogP contribution is 2.45. The van der Waals surface area contributed by atoms with Crippen molar-refractivity contribution >= 4 is 105 Å². The molecule has 49 nitrogen and oxygen atoms in total. The van der Waals surface area contributed by atoms with Gasteiger partial charge in [-0.15, -0.1) is 23.5 Å². The molecule has 7 fully saturated rings. The third-order valence-electron chi connectivity index (χ3n) is 25.0. The summed E-state index contributed by atoms with van der Waals surface area (Å²) in [5.74, 6) is -6.78. The number of amides is 7. The van der Waals surface area contributed by atoms with E-state index in [1.165, 1.54) is 29.6 Å². The molecular weight excluding hydrogens is 2010 g/mol. The number of carbonyl (C=O) groups excluding carboxylic acids is 7. The number of alkyl carbamates (subject to hydrolysis) is 1. The monoisotopic (exact) mass is 2150 g/mol. The van der Waals surface area contributed by atoms with E-state index < -0.39 is 312 Å². The molecule has 2 aromatic rings. The van der Waals surface area contributed by atoms with Crippen molar-refractivity contribution in [2.45, 2.75) is 270 Å². The van der Waals surface area contributed by atoms with E-state index in [4.69, 9.17) is 67.8 Å². The molecule has 0 spiro atoms. The average Bonchev–Trinajstić information content (AvgIpc) is 1.57. The summed E-state index contributed by atoms with van der Waals surface area (Å²) in [4.78, 5) is 82.0. The summed E-state index contributed by atoms with van der Waals surface area (Å²) >= 11 is 12.3. The highest BCUT2D eigenvalue weighted by Gasteiger charge is 2.54. The van der Waals surface area contributed by atoms with E-state index in [2.05, 4.69) is 90.5 Å². The summed E-state index contributed by atoms with van der Waals surface area (Å²) < 4.78 is 54.3. The van der Waals surface area contributed by atoms with Gasteiger partial charge in [-0.3, -0.25) is 34.1 Å². The maximum absolute atomic E-state index is 12.4. The van der Waals surface area contributed by atoms with Crippen LogP contribution < -0.4 is 37.2 Å². The smallest absolute Gasteiger partial charge is 0.409 e. The number of aliphatic hydroxyl groups is 25. The molecule has 2 aromatic carbocycles. The molecule has 2 aliphatic carbocycles. The van der Waals surface area contributed by atoms with Crippen molar-refractivity contribution < 1.29 is 209 Å². The number of thioether (sulfide) groups is 2. The van der Waals surface area contributed by atoms with Gasteiger partial charge in [0, 0.05) is 73.4 Å². The van der Waals surface area contributed by atoms with Crippen LogP contribution in [0.5, 0.6) is 0 Å². The van der Waals surface area contributed by atoms with E-state index in [1.54, 1.807) is 55.4 Å². The summed E-state index contributed by atoms with van der Waals surface area (Å²) in [7, 11) is 0. The first kappa shape index (κ1) is 123. The van der Waals surface area contributed by atoms with Crippen molar-refractivity contribution in [2.75, 3.05) is 94.2 Å². The van der Waals surface area contributed by atoms with Gasteiger partial charge in [0.25, 0.3) is 4.82 Å². The van der Waals surface area contributed by atoms with Crippen molar-refractivity contribution in [3.8, 4) is 11.1 Å². The van der Waals surface area contributed by atoms with Crippen molar-refractivity contribution in [2.24, 2.45) is 41.4 Å². The summed E-state index contributed by atoms with van der Waals surface area (Å²) in [5.41, 5.74) is 4.59. The van der Waals surface area contributed by atoms with Crippen LogP contribution in [0.4, 0.5) is 9.59 Å². The third kappa shape index (κ3) is 34.4. The highest BCUT2D eigenvalue weighted by atomic mass is 79.9. The lowest BCUT2D eigenvalue weighted by Crippen LogP contribution is -2.63. The largest absolute Gasteiger partial charge is 0.448 e. The minimum Gasteiger partial charge on any atom is -0.448 e. The first-order valence-corrected chi connectivity index (χ1v) is 49.5. The van der Waals surface area contributed by atoms with Gasteiger partial charge in [0.05, 0.1) is 163 Å². The molecule has 39 atom stereocenters. The van der Waals surface area contributed by atoms with Gasteiger partial charge in [0.1, 0.15) is 79.9 Å². The Labute approximate surface area is 834 Å². The molecule has 802 valence electrons. The number of hydrogen-bond acceptors (Lipinski definition) is 46. The maximum atomic E-state index is 12.4. The molecule has 0 radical (unpaired) electrons. The average molecular weight is 2150 g/mol. The second kappa shape index (κ2) is 60.3. The van der Waals surface area contributed by atoms with Crippen molar-refractivity contribution in [1.29, 1.82) is 0 Å². The molecule has 0 aromatic heterocycles. The topological polar surface area (TPSA) is 802 Å². The van der Waals surface area contributed by atoms with E-state index in [0.29, 0.717) is 10.2 Å². The fourth-order valence-corrected chi connectivity index (χ4v) is 18.3. The third-order valence-corrected chi connectivity index (χ3v) is 27.6. The second-order valence-corrected chi connectivity index (χ2v) is 39.1. The number of halogens is 1. The van der Waals surface area contributed by atoms with Crippen LogP contribution in [0.1, 0.15) is 78.9 Å². The predicted molar refractivity (Wildman–Crippen MR) is 500 cm³/mol. The number of thiol groups is 2. The molecular formula is C86H140BrN7O42S4. The molecule has 7 aliphatic heterocycles. The number of rotatable bonds is 31. The highest BCUT2D eigenvalue weighted by molar-refractivity contribution is 9.18. The molecule has 7 heterocycles. The number of fused-ring (bicyclic) bond motifs is 3. The van der Waals surface area contributed by atoms with Crippen molar-refractivity contribution in [3.05, 3.63) is 71.3 Å². The van der Waals surface area contributed by atoms with Gasteiger partial charge in [-0.1, -0.05) is 89.2 Å². The minimum atomic E-state index is -1.61. The van der Waals surface area contributed by atoms with Gasteiger partial charge >= 0.3 is 6.09 Å². The molecule has 54 heteroatoms. The van der Waals surface area contributed by atoms with E-state index in [0.717, 1.165) is 22.3 Å². The Morgan fingerprint density at radius 3 is 1.18 bits per heavy atom. The fraction of sp³-hybridized carbons (Fsp3) is 0.756. The Kier molecular flexibility index (Phi) is 53.2. The van der Waals surface area contributed by atoms with Gasteiger partial charge in [0.2, 0.25) is 29.5 Å². The predicted octanol–water partition coefficient (Wildman–Crippen LogP) is -9.90. The number of benzene rings is 2. The number of aliphatic hydroxyl groups excluding tert-OH is 25. The quantitative estimate of drug-likeness (QED) is 0.00832. The number of carbonyl (C=O) groups is 7.